The fourth-order valence-corrected chi connectivity index (χ4v) is 1.98. The lowest BCUT2D eigenvalue weighted by Gasteiger charge is -2.20. The molecule has 0 aliphatic rings. The van der Waals surface area contributed by atoms with Crippen LogP contribution in [0.4, 0.5) is 4.79 Å². The Balaban J connectivity index is 3.93. The second-order valence-corrected chi connectivity index (χ2v) is 5.49. The van der Waals surface area contributed by atoms with E-state index in [9.17, 15) is 24.0 Å². The molecule has 146 valence electrons. The number of rotatable bonds is 14. The van der Waals surface area contributed by atoms with Crippen molar-refractivity contribution in [3.8, 4) is 0 Å². The van der Waals surface area contributed by atoms with Gasteiger partial charge in [-0.05, 0) is 19.3 Å². The third kappa shape index (κ3) is 14.3. The molecule has 0 fully saturated rings. The molecule has 0 atom stereocenters. The lowest BCUT2D eigenvalue weighted by molar-refractivity contribution is -0.126. The molecule has 0 aliphatic carbocycles. The highest BCUT2D eigenvalue weighted by atomic mass is 16.2. The maximum absolute atomic E-state index is 11.9. The molecule has 0 heterocycles. The number of nitrogens with zero attached hydrogens (tertiary/aromatic N) is 1. The van der Waals surface area contributed by atoms with Crippen LogP contribution < -0.4 is 26.4 Å². The fourth-order valence-electron chi connectivity index (χ4n) is 1.98. The van der Waals surface area contributed by atoms with Crippen molar-refractivity contribution in [1.29, 1.82) is 0 Å². The van der Waals surface area contributed by atoms with Crippen LogP contribution in [0.15, 0.2) is 0 Å². The van der Waals surface area contributed by atoms with Gasteiger partial charge in [-0.25, -0.2) is 4.79 Å². The molecule has 13 heteroatoms. The van der Waals surface area contributed by atoms with Gasteiger partial charge in [-0.3, -0.25) is 19.3 Å². The minimum absolute atomic E-state index is 0.0330. The maximum Gasteiger partial charge on any atom is 0.315 e. The summed E-state index contributed by atoms with van der Waals surface area (Å²) in [6.45, 7) is 0.212. The van der Waals surface area contributed by atoms with Gasteiger partial charge in [-0.2, -0.15) is 0 Å². The summed E-state index contributed by atoms with van der Waals surface area (Å²) in [5.74, 6) is -1.44. The lowest BCUT2D eigenvalue weighted by atomic mass is 10.2. The SMILES string of the molecule is [B]NC(=O)CN(CC(=O)N[B])CC(=O)NCCCCCNC(=O)NCC=O. The number of aldehydes is 1. The Morgan fingerprint density at radius 1 is 0.741 bits per heavy atom. The normalized spacial score (nSPS) is 9.96. The Morgan fingerprint density at radius 2 is 1.26 bits per heavy atom. The number of carbonyl (C=O) groups is 5. The third-order valence-electron chi connectivity index (χ3n) is 3.23. The van der Waals surface area contributed by atoms with Crippen molar-refractivity contribution >= 4 is 46.0 Å². The first-order valence-corrected chi connectivity index (χ1v) is 8.36. The van der Waals surface area contributed by atoms with Gasteiger partial charge in [-0.15, -0.1) is 0 Å². The number of urea groups is 1. The van der Waals surface area contributed by atoms with Crippen LogP contribution in [0.1, 0.15) is 19.3 Å². The summed E-state index contributed by atoms with van der Waals surface area (Å²) in [5.41, 5.74) is 0. The number of carbonyl (C=O) groups excluding carboxylic acids is 5. The molecular weight excluding hydrogens is 354 g/mol. The smallest absolute Gasteiger partial charge is 0.315 e. The van der Waals surface area contributed by atoms with Crippen LogP contribution in [-0.2, 0) is 19.2 Å². The predicted octanol–water partition coefficient (Wildman–Crippen LogP) is -3.53. The minimum atomic E-state index is -0.544. The molecular formula is C14H24B2N6O5. The van der Waals surface area contributed by atoms with Gasteiger partial charge in [0.05, 0.1) is 26.2 Å². The number of nitrogens with one attached hydrogen (secondary N) is 5. The highest BCUT2D eigenvalue weighted by Crippen LogP contribution is 1.93. The number of hydrogen-bond donors (Lipinski definition) is 5. The molecule has 5 amide bonds. The molecule has 0 aromatic rings. The van der Waals surface area contributed by atoms with Crippen molar-refractivity contribution in [3.05, 3.63) is 0 Å². The van der Waals surface area contributed by atoms with Crippen LogP contribution in [0.2, 0.25) is 0 Å². The maximum atomic E-state index is 11.9. The van der Waals surface area contributed by atoms with E-state index in [1.165, 1.54) is 4.90 Å². The van der Waals surface area contributed by atoms with Gasteiger partial charge in [0.1, 0.15) is 6.29 Å². The zero-order valence-corrected chi connectivity index (χ0v) is 15.1. The van der Waals surface area contributed by atoms with Gasteiger partial charge in [0, 0.05) is 13.1 Å². The molecule has 11 nitrogen and oxygen atoms in total. The molecule has 27 heavy (non-hydrogen) atoms. The number of amides is 5. The van der Waals surface area contributed by atoms with Crippen LogP contribution in [0, 0.1) is 0 Å². The topological polar surface area (TPSA) is 149 Å². The van der Waals surface area contributed by atoms with E-state index in [1.54, 1.807) is 0 Å². The van der Waals surface area contributed by atoms with Crippen LogP contribution in [0.25, 0.3) is 0 Å². The zero-order chi connectivity index (χ0) is 20.5. The molecule has 0 saturated carbocycles. The molecule has 4 radical (unpaired) electrons. The second kappa shape index (κ2) is 15.7. The largest absolute Gasteiger partial charge is 0.408 e. The average Bonchev–Trinajstić information content (AvgIpc) is 2.64. The van der Waals surface area contributed by atoms with E-state index in [1.807, 2.05) is 10.5 Å². The average molecular weight is 378 g/mol. The van der Waals surface area contributed by atoms with Crippen LogP contribution in [-0.4, -0.2) is 90.2 Å². The van der Waals surface area contributed by atoms with Gasteiger partial charge in [0.15, 0.2) is 0 Å². The monoisotopic (exact) mass is 378 g/mol. The number of unbranched alkanes of at least 4 members (excludes halogenated alkanes) is 2. The van der Waals surface area contributed by atoms with E-state index in [-0.39, 0.29) is 32.1 Å². The summed E-state index contributed by atoms with van der Waals surface area (Å²) in [6, 6.07) is -0.404. The second-order valence-electron chi connectivity index (χ2n) is 5.49. The first kappa shape index (κ1) is 24.4. The van der Waals surface area contributed by atoms with Gasteiger partial charge in [0.2, 0.25) is 33.7 Å². The first-order chi connectivity index (χ1) is 12.9. The van der Waals surface area contributed by atoms with Crippen molar-refractivity contribution in [2.24, 2.45) is 0 Å². The molecule has 0 spiro atoms. The summed E-state index contributed by atoms with van der Waals surface area (Å²) >= 11 is 0. The molecule has 0 unspecified atom stereocenters. The quantitative estimate of drug-likeness (QED) is 0.120. The van der Waals surface area contributed by atoms with Gasteiger partial charge < -0.3 is 31.2 Å². The lowest BCUT2D eigenvalue weighted by Crippen LogP contribution is -2.46. The van der Waals surface area contributed by atoms with Crippen LogP contribution in [0.5, 0.6) is 0 Å². The third-order valence-corrected chi connectivity index (χ3v) is 3.23. The Morgan fingerprint density at radius 3 is 1.78 bits per heavy atom. The van der Waals surface area contributed by atoms with Crippen molar-refractivity contribution in [2.75, 3.05) is 39.3 Å². The van der Waals surface area contributed by atoms with E-state index in [0.717, 1.165) is 6.42 Å². The van der Waals surface area contributed by atoms with Crippen LogP contribution >= 0.6 is 0 Å². The first-order valence-electron chi connectivity index (χ1n) is 8.36. The molecule has 0 bridgehead atoms. The van der Waals surface area contributed by atoms with E-state index in [0.29, 0.717) is 32.2 Å². The predicted molar refractivity (Wildman–Crippen MR) is 98.6 cm³/mol. The number of hydrogen-bond acceptors (Lipinski definition) is 6. The summed E-state index contributed by atoms with van der Waals surface area (Å²) in [6.07, 6.45) is 2.76. The van der Waals surface area contributed by atoms with Crippen molar-refractivity contribution in [1.82, 2.24) is 31.3 Å². The van der Waals surface area contributed by atoms with Gasteiger partial charge in [-0.1, -0.05) is 0 Å². The Hall–Kier alpha value is -2.56. The van der Waals surface area contributed by atoms with Crippen molar-refractivity contribution in [2.45, 2.75) is 19.3 Å². The Bertz CT molecular complexity index is 490. The Labute approximate surface area is 160 Å². The van der Waals surface area contributed by atoms with Gasteiger partial charge >= 0.3 is 6.03 Å². The van der Waals surface area contributed by atoms with E-state index < -0.39 is 17.8 Å². The summed E-state index contributed by atoms with van der Waals surface area (Å²) in [5, 5.41) is 11.5. The summed E-state index contributed by atoms with van der Waals surface area (Å²) in [4.78, 5) is 57.1. The molecule has 0 aromatic heterocycles. The summed E-state index contributed by atoms with van der Waals surface area (Å²) < 4.78 is 0. The fraction of sp³-hybridized carbons (Fsp3) is 0.643. The molecule has 0 saturated heterocycles. The van der Waals surface area contributed by atoms with Crippen molar-refractivity contribution in [3.63, 3.8) is 0 Å². The van der Waals surface area contributed by atoms with E-state index >= 15 is 0 Å². The molecule has 0 aliphatic heterocycles. The molecule has 0 aromatic carbocycles. The molecule has 0 rings (SSSR count). The van der Waals surface area contributed by atoms with Gasteiger partial charge in [0.25, 0.3) is 0 Å². The summed E-state index contributed by atoms with van der Waals surface area (Å²) in [7, 11) is 10.00. The van der Waals surface area contributed by atoms with E-state index in [2.05, 4.69) is 16.0 Å². The van der Waals surface area contributed by atoms with E-state index in [4.69, 9.17) is 16.0 Å². The molecule has 5 N–H and O–H groups in total. The zero-order valence-electron chi connectivity index (χ0n) is 15.1. The standard InChI is InChI=1S/C14H24B2N6O5/c15-20-12(25)9-22(10-13(26)21-16)8-11(24)17-4-2-1-3-5-18-14(27)19-6-7-23/h7H,1-6,8-10H2,(H,17,24)(H,20,25)(H,21,26)(H2,18,19,27). The van der Waals surface area contributed by atoms with Crippen molar-refractivity contribution < 1.29 is 24.0 Å². The Kier molecular flexibility index (Phi) is 14.2. The van der Waals surface area contributed by atoms with Crippen LogP contribution in [0.3, 0.4) is 0 Å². The minimum Gasteiger partial charge on any atom is -0.408 e. The highest BCUT2D eigenvalue weighted by molar-refractivity contribution is 6.15. The highest BCUT2D eigenvalue weighted by Gasteiger charge is 2.16.